The van der Waals surface area contributed by atoms with Gasteiger partial charge in [0.2, 0.25) is 0 Å². The lowest BCUT2D eigenvalue weighted by Crippen LogP contribution is -2.05. The van der Waals surface area contributed by atoms with Crippen LogP contribution in [-0.4, -0.2) is 0 Å². The molecule has 2 rings (SSSR count). The van der Waals surface area contributed by atoms with Gasteiger partial charge in [0.1, 0.15) is 0 Å². The molecule has 2 aromatic rings. The van der Waals surface area contributed by atoms with E-state index in [4.69, 9.17) is 0 Å². The Balaban J connectivity index is 2.25. The zero-order valence-electron chi connectivity index (χ0n) is 10.7. The molecule has 0 atom stereocenters. The number of aryl methyl sites for hydroxylation is 1. The molecule has 0 radical (unpaired) electrons. The molecule has 0 saturated heterocycles. The lowest BCUT2D eigenvalue weighted by molar-refractivity contribution is -0.138. The second-order valence-corrected chi connectivity index (χ2v) is 6.24. The van der Waals surface area contributed by atoms with Gasteiger partial charge in [0.25, 0.3) is 0 Å². The molecule has 2 aromatic carbocycles. The molecule has 0 heterocycles. The van der Waals surface area contributed by atoms with Crippen molar-refractivity contribution in [3.63, 3.8) is 0 Å². The Hall–Kier alpha value is -0.940. The lowest BCUT2D eigenvalue weighted by Gasteiger charge is -2.11. The van der Waals surface area contributed by atoms with Crippen molar-refractivity contribution in [3.8, 4) is 0 Å². The summed E-state index contributed by atoms with van der Waals surface area (Å²) >= 11 is 4.27. The fraction of sp³-hybridized carbons (Fsp3) is 0.200. The Kier molecular flexibility index (Phi) is 4.81. The Morgan fingerprint density at radius 2 is 1.60 bits per heavy atom. The van der Waals surface area contributed by atoms with Gasteiger partial charge in [0.05, 0.1) is 5.56 Å². The maximum absolute atomic E-state index is 12.8. The van der Waals surface area contributed by atoms with E-state index >= 15 is 0 Å². The number of benzene rings is 2. The summed E-state index contributed by atoms with van der Waals surface area (Å²) in [7, 11) is 0. The van der Waals surface area contributed by atoms with Gasteiger partial charge in [-0.2, -0.15) is 13.2 Å². The summed E-state index contributed by atoms with van der Waals surface area (Å²) < 4.78 is 38.5. The third-order valence-corrected chi connectivity index (χ3v) is 4.50. The van der Waals surface area contributed by atoms with Crippen molar-refractivity contribution in [1.82, 2.24) is 0 Å². The highest BCUT2D eigenvalue weighted by Crippen LogP contribution is 2.38. The molecule has 0 aliphatic carbocycles. The Labute approximate surface area is 128 Å². The average molecular weight is 361 g/mol. The van der Waals surface area contributed by atoms with Crippen molar-refractivity contribution < 1.29 is 13.2 Å². The molecule has 0 bridgehead atoms. The molecule has 106 valence electrons. The van der Waals surface area contributed by atoms with Crippen LogP contribution in [0.4, 0.5) is 13.2 Å². The van der Waals surface area contributed by atoms with Gasteiger partial charge in [-0.25, -0.2) is 0 Å². The average Bonchev–Trinajstić information content (AvgIpc) is 2.40. The molecule has 0 aromatic heterocycles. The number of rotatable bonds is 3. The first-order valence-electron chi connectivity index (χ1n) is 6.03. The molecule has 0 aliphatic rings. The van der Waals surface area contributed by atoms with Crippen LogP contribution in [0.5, 0.6) is 0 Å². The van der Waals surface area contributed by atoms with E-state index in [0.717, 1.165) is 11.3 Å². The highest BCUT2D eigenvalue weighted by atomic mass is 79.9. The van der Waals surface area contributed by atoms with E-state index in [9.17, 15) is 13.2 Å². The fourth-order valence-electron chi connectivity index (χ4n) is 1.71. The molecular weight excluding hydrogens is 349 g/mol. The smallest absolute Gasteiger partial charge is 0.166 e. The minimum absolute atomic E-state index is 0.0654. The summed E-state index contributed by atoms with van der Waals surface area (Å²) in [6, 6.07) is 12.1. The van der Waals surface area contributed by atoms with Crippen LogP contribution in [0.3, 0.4) is 0 Å². The van der Waals surface area contributed by atoms with Gasteiger partial charge in [-0.05, 0) is 42.3 Å². The zero-order chi connectivity index (χ0) is 14.8. The SMILES string of the molecule is CCc1ccc(Sc2ccc(Br)c(C(F)(F)F)c2)cc1. The molecule has 0 amide bonds. The van der Waals surface area contributed by atoms with Crippen LogP contribution < -0.4 is 0 Å². The first-order valence-corrected chi connectivity index (χ1v) is 7.64. The normalized spacial score (nSPS) is 11.7. The molecule has 20 heavy (non-hydrogen) atoms. The van der Waals surface area contributed by atoms with E-state index in [-0.39, 0.29) is 4.47 Å². The van der Waals surface area contributed by atoms with Crippen molar-refractivity contribution >= 4 is 27.7 Å². The molecule has 0 aliphatic heterocycles. The monoisotopic (exact) mass is 360 g/mol. The van der Waals surface area contributed by atoms with Gasteiger partial charge in [-0.3, -0.25) is 0 Å². The summed E-state index contributed by atoms with van der Waals surface area (Å²) in [5, 5.41) is 0. The third kappa shape index (κ3) is 3.79. The van der Waals surface area contributed by atoms with Crippen LogP contribution in [0.2, 0.25) is 0 Å². The summed E-state index contributed by atoms with van der Waals surface area (Å²) in [6.07, 6.45) is -3.40. The van der Waals surface area contributed by atoms with Crippen LogP contribution in [-0.2, 0) is 12.6 Å². The van der Waals surface area contributed by atoms with E-state index in [1.165, 1.54) is 29.5 Å². The van der Waals surface area contributed by atoms with Gasteiger partial charge >= 0.3 is 6.18 Å². The Morgan fingerprint density at radius 3 is 2.15 bits per heavy atom. The minimum atomic E-state index is -4.35. The van der Waals surface area contributed by atoms with Crippen LogP contribution >= 0.6 is 27.7 Å². The number of halogens is 4. The lowest BCUT2D eigenvalue weighted by atomic mass is 10.2. The van der Waals surface area contributed by atoms with E-state index in [2.05, 4.69) is 22.9 Å². The van der Waals surface area contributed by atoms with Gasteiger partial charge in [0.15, 0.2) is 0 Å². The van der Waals surface area contributed by atoms with Crippen LogP contribution in [0.15, 0.2) is 56.7 Å². The topological polar surface area (TPSA) is 0 Å². The first kappa shape index (κ1) is 15.4. The quantitative estimate of drug-likeness (QED) is 0.629. The van der Waals surface area contributed by atoms with Crippen LogP contribution in [0.1, 0.15) is 18.1 Å². The van der Waals surface area contributed by atoms with Gasteiger partial charge in [-0.1, -0.05) is 46.7 Å². The highest BCUT2D eigenvalue weighted by molar-refractivity contribution is 9.10. The minimum Gasteiger partial charge on any atom is -0.166 e. The van der Waals surface area contributed by atoms with Crippen molar-refractivity contribution in [2.75, 3.05) is 0 Å². The second kappa shape index (κ2) is 6.22. The van der Waals surface area contributed by atoms with Crippen molar-refractivity contribution in [1.29, 1.82) is 0 Å². The molecule has 0 N–H and O–H groups in total. The van der Waals surface area contributed by atoms with Gasteiger partial charge < -0.3 is 0 Å². The number of hydrogen-bond donors (Lipinski definition) is 0. The molecule has 0 unspecified atom stereocenters. The molecule has 0 nitrogen and oxygen atoms in total. The van der Waals surface area contributed by atoms with Gasteiger partial charge in [0, 0.05) is 14.3 Å². The Bertz CT molecular complexity index is 591. The maximum Gasteiger partial charge on any atom is 0.417 e. The van der Waals surface area contributed by atoms with Crippen LogP contribution in [0.25, 0.3) is 0 Å². The largest absolute Gasteiger partial charge is 0.417 e. The maximum atomic E-state index is 12.8. The Morgan fingerprint density at radius 1 is 1.00 bits per heavy atom. The summed E-state index contributed by atoms with van der Waals surface area (Å²) in [5.41, 5.74) is 0.564. The molecule has 0 saturated carbocycles. The van der Waals surface area contributed by atoms with Crippen molar-refractivity contribution in [2.24, 2.45) is 0 Å². The van der Waals surface area contributed by atoms with E-state index in [1.807, 2.05) is 24.3 Å². The molecular formula is C15H12BrF3S. The van der Waals surface area contributed by atoms with E-state index < -0.39 is 11.7 Å². The predicted molar refractivity (Wildman–Crippen MR) is 79.1 cm³/mol. The number of hydrogen-bond acceptors (Lipinski definition) is 1. The van der Waals surface area contributed by atoms with E-state index in [1.54, 1.807) is 6.07 Å². The number of alkyl halides is 3. The predicted octanol–water partition coefficient (Wildman–Crippen LogP) is 6.18. The molecule has 0 fully saturated rings. The van der Waals surface area contributed by atoms with Gasteiger partial charge in [-0.15, -0.1) is 0 Å². The zero-order valence-corrected chi connectivity index (χ0v) is 13.1. The first-order chi connectivity index (χ1) is 9.40. The summed E-state index contributed by atoms with van der Waals surface area (Å²) in [5.74, 6) is 0. The highest BCUT2D eigenvalue weighted by Gasteiger charge is 2.33. The molecule has 5 heteroatoms. The van der Waals surface area contributed by atoms with Crippen molar-refractivity contribution in [3.05, 3.63) is 58.1 Å². The summed E-state index contributed by atoms with van der Waals surface area (Å²) in [4.78, 5) is 1.50. The second-order valence-electron chi connectivity index (χ2n) is 4.24. The van der Waals surface area contributed by atoms with Crippen LogP contribution in [0, 0.1) is 0 Å². The third-order valence-electron chi connectivity index (χ3n) is 2.81. The fourth-order valence-corrected chi connectivity index (χ4v) is 3.04. The summed E-state index contributed by atoms with van der Waals surface area (Å²) in [6.45, 7) is 2.06. The molecule has 0 spiro atoms. The van der Waals surface area contributed by atoms with Crippen molar-refractivity contribution in [2.45, 2.75) is 29.3 Å². The standard InChI is InChI=1S/C15H12BrF3S/c1-2-10-3-5-11(6-4-10)20-12-7-8-14(16)13(9-12)15(17,18)19/h3-9H,2H2,1H3. The van der Waals surface area contributed by atoms with E-state index in [0.29, 0.717) is 4.90 Å².